The number of ether oxygens (including phenoxy) is 1. The van der Waals surface area contributed by atoms with Gasteiger partial charge in [-0.1, -0.05) is 18.2 Å². The molecule has 1 amide bonds. The number of fused-ring (bicyclic) bond motifs is 1. The average Bonchev–Trinajstić information content (AvgIpc) is 3.33. The number of methoxy groups -OCH3 is 1. The normalized spacial score (nSPS) is 24.0. The summed E-state index contributed by atoms with van der Waals surface area (Å²) in [6, 6.07) is 9.03. The third-order valence-electron chi connectivity index (χ3n) is 5.90. The van der Waals surface area contributed by atoms with E-state index in [1.54, 1.807) is 19.5 Å². The van der Waals surface area contributed by atoms with E-state index in [2.05, 4.69) is 25.1 Å². The molecule has 1 aromatic carbocycles. The van der Waals surface area contributed by atoms with Crippen molar-refractivity contribution in [3.8, 4) is 0 Å². The highest BCUT2D eigenvalue weighted by Gasteiger charge is 2.46. The van der Waals surface area contributed by atoms with Gasteiger partial charge in [0.1, 0.15) is 6.33 Å². The summed E-state index contributed by atoms with van der Waals surface area (Å²) < 4.78 is 5.51. The van der Waals surface area contributed by atoms with Gasteiger partial charge in [-0.15, -0.1) is 0 Å². The molecule has 2 aliphatic rings. The van der Waals surface area contributed by atoms with Gasteiger partial charge in [0.2, 0.25) is 0 Å². The first-order valence-electron chi connectivity index (χ1n) is 10.1. The van der Waals surface area contributed by atoms with Crippen molar-refractivity contribution in [3.63, 3.8) is 0 Å². The average molecular weight is 405 g/mol. The van der Waals surface area contributed by atoms with Crippen molar-refractivity contribution in [2.75, 3.05) is 16.9 Å². The van der Waals surface area contributed by atoms with Crippen LogP contribution >= 0.6 is 0 Å². The smallest absolute Gasteiger partial charge is 0.259 e. The number of para-hydroxylation sites is 1. The zero-order valence-electron chi connectivity index (χ0n) is 16.7. The van der Waals surface area contributed by atoms with Gasteiger partial charge in [0.05, 0.1) is 6.10 Å². The fourth-order valence-corrected chi connectivity index (χ4v) is 4.46. The lowest BCUT2D eigenvalue weighted by atomic mass is 9.90. The van der Waals surface area contributed by atoms with Crippen molar-refractivity contribution < 1.29 is 9.53 Å². The number of nitrogens with one attached hydrogen (secondary N) is 1. The summed E-state index contributed by atoms with van der Waals surface area (Å²) in [5, 5.41) is 6.99. The Labute approximate surface area is 174 Å². The van der Waals surface area contributed by atoms with E-state index in [1.807, 2.05) is 40.1 Å². The van der Waals surface area contributed by atoms with E-state index in [0.717, 1.165) is 31.4 Å². The Morgan fingerprint density at radius 3 is 2.30 bits per heavy atom. The zero-order valence-corrected chi connectivity index (χ0v) is 16.7. The van der Waals surface area contributed by atoms with Crippen molar-refractivity contribution in [1.29, 1.82) is 0 Å². The molecule has 1 fully saturated rings. The summed E-state index contributed by atoms with van der Waals surface area (Å²) in [5.74, 6) is 1.54. The summed E-state index contributed by atoms with van der Waals surface area (Å²) in [4.78, 5) is 31.1. The second-order valence-corrected chi connectivity index (χ2v) is 7.54. The number of benzene rings is 1. The van der Waals surface area contributed by atoms with Gasteiger partial charge in [-0.25, -0.2) is 15.0 Å². The van der Waals surface area contributed by atoms with Gasteiger partial charge < -0.3 is 9.64 Å². The lowest BCUT2D eigenvalue weighted by Crippen LogP contribution is -2.53. The number of hydrogen-bond acceptors (Lipinski definition) is 7. The van der Waals surface area contributed by atoms with Gasteiger partial charge >= 0.3 is 0 Å². The third-order valence-corrected chi connectivity index (χ3v) is 5.90. The lowest BCUT2D eigenvalue weighted by Gasteiger charge is -2.44. The minimum absolute atomic E-state index is 0.0405. The van der Waals surface area contributed by atoms with Crippen LogP contribution in [-0.2, 0) is 9.53 Å². The van der Waals surface area contributed by atoms with Gasteiger partial charge in [-0.05, 0) is 37.8 Å². The molecular formula is C21H23N7O2. The first-order chi connectivity index (χ1) is 14.8. The molecule has 1 aliphatic carbocycles. The van der Waals surface area contributed by atoms with Crippen molar-refractivity contribution in [2.24, 2.45) is 0 Å². The summed E-state index contributed by atoms with van der Waals surface area (Å²) in [6.07, 6.45) is 8.55. The Balaban J connectivity index is 1.63. The highest BCUT2D eigenvalue weighted by Crippen LogP contribution is 2.45. The van der Waals surface area contributed by atoms with Crippen LogP contribution in [0, 0.1) is 0 Å². The molecule has 0 saturated heterocycles. The Bertz CT molecular complexity index is 1000. The summed E-state index contributed by atoms with van der Waals surface area (Å²) in [7, 11) is 1.74. The van der Waals surface area contributed by atoms with Crippen LogP contribution in [-0.4, -0.2) is 50.3 Å². The van der Waals surface area contributed by atoms with E-state index < -0.39 is 6.04 Å². The molecule has 1 atom stereocenters. The third kappa shape index (κ3) is 3.11. The number of H-pyrrole nitrogens is 1. The molecule has 1 saturated carbocycles. The molecule has 0 radical (unpaired) electrons. The largest absolute Gasteiger partial charge is 0.381 e. The maximum absolute atomic E-state index is 13.9. The molecule has 1 aliphatic heterocycles. The Morgan fingerprint density at radius 1 is 0.967 bits per heavy atom. The Morgan fingerprint density at radius 2 is 1.67 bits per heavy atom. The van der Waals surface area contributed by atoms with E-state index >= 15 is 0 Å². The Kier molecular flexibility index (Phi) is 4.88. The van der Waals surface area contributed by atoms with Gasteiger partial charge in [0.15, 0.2) is 23.5 Å². The quantitative estimate of drug-likeness (QED) is 0.712. The number of anilines is 3. The van der Waals surface area contributed by atoms with Crippen LogP contribution in [0.25, 0.3) is 0 Å². The van der Waals surface area contributed by atoms with Crippen LogP contribution in [0.5, 0.6) is 0 Å². The van der Waals surface area contributed by atoms with E-state index in [9.17, 15) is 4.79 Å². The van der Waals surface area contributed by atoms with Gasteiger partial charge in [-0.3, -0.25) is 14.8 Å². The number of rotatable bonds is 4. The zero-order chi connectivity index (χ0) is 20.5. The molecule has 3 heterocycles. The number of carbonyl (C=O) groups is 1. The van der Waals surface area contributed by atoms with E-state index in [0.29, 0.717) is 17.5 Å². The highest BCUT2D eigenvalue weighted by molar-refractivity contribution is 6.06. The summed E-state index contributed by atoms with van der Waals surface area (Å²) >= 11 is 0. The predicted octanol–water partition coefficient (Wildman–Crippen LogP) is 2.78. The number of aromatic amines is 1. The van der Waals surface area contributed by atoms with Crippen LogP contribution in [0.4, 0.5) is 17.3 Å². The fraction of sp³-hybridized carbons (Fsp3) is 0.381. The number of aromatic nitrogens is 5. The molecule has 2 aromatic heterocycles. The predicted molar refractivity (Wildman–Crippen MR) is 110 cm³/mol. The number of carbonyl (C=O) groups excluding carboxylic acids is 1. The van der Waals surface area contributed by atoms with Crippen molar-refractivity contribution in [3.05, 3.63) is 54.9 Å². The van der Waals surface area contributed by atoms with Crippen molar-refractivity contribution in [2.45, 2.75) is 43.9 Å². The number of nitrogens with zero attached hydrogens (tertiary/aromatic N) is 6. The SMILES string of the molecule is CO[C@H]1CC[C@H](N2C(=O)C(c3nc[nH]n3)N(c3ccccc3)c3nccnc32)CC1. The van der Waals surface area contributed by atoms with Crippen molar-refractivity contribution in [1.82, 2.24) is 25.1 Å². The standard InChI is InChI=1S/C21H23N7O2/c1-30-16-9-7-15(8-10-16)28-20-19(22-11-12-23-20)27(14-5-3-2-4-6-14)17(21(28)29)18-24-13-25-26-18/h2-6,11-13,15-17H,7-10H2,1H3,(H,24,25,26)/t15-,16-,17?. The van der Waals surface area contributed by atoms with Crippen LogP contribution < -0.4 is 9.80 Å². The van der Waals surface area contributed by atoms with Gasteiger partial charge in [0.25, 0.3) is 5.91 Å². The van der Waals surface area contributed by atoms with Crippen LogP contribution in [0.3, 0.4) is 0 Å². The topological polar surface area (TPSA) is 100 Å². The monoisotopic (exact) mass is 405 g/mol. The molecule has 1 N–H and O–H groups in total. The molecular weight excluding hydrogens is 382 g/mol. The maximum atomic E-state index is 13.9. The number of hydrogen-bond donors (Lipinski definition) is 1. The number of amides is 1. The highest BCUT2D eigenvalue weighted by atomic mass is 16.5. The van der Waals surface area contributed by atoms with Gasteiger partial charge in [0, 0.05) is 31.2 Å². The second kappa shape index (κ2) is 7.83. The molecule has 1 unspecified atom stereocenters. The van der Waals surface area contributed by atoms with Crippen LogP contribution in [0.1, 0.15) is 37.5 Å². The molecule has 9 nitrogen and oxygen atoms in total. The molecule has 5 rings (SSSR count). The molecule has 30 heavy (non-hydrogen) atoms. The molecule has 9 heteroatoms. The summed E-state index contributed by atoms with van der Waals surface area (Å²) in [5.41, 5.74) is 0.838. The minimum atomic E-state index is -0.719. The van der Waals surface area contributed by atoms with Crippen LogP contribution in [0.15, 0.2) is 49.1 Å². The summed E-state index contributed by atoms with van der Waals surface area (Å²) in [6.45, 7) is 0. The van der Waals surface area contributed by atoms with E-state index in [4.69, 9.17) is 4.74 Å². The molecule has 154 valence electrons. The fourth-order valence-electron chi connectivity index (χ4n) is 4.46. The molecule has 0 spiro atoms. The lowest BCUT2D eigenvalue weighted by molar-refractivity contribution is -0.121. The minimum Gasteiger partial charge on any atom is -0.381 e. The first-order valence-corrected chi connectivity index (χ1v) is 10.1. The second-order valence-electron chi connectivity index (χ2n) is 7.54. The maximum Gasteiger partial charge on any atom is 0.259 e. The molecule has 0 bridgehead atoms. The van der Waals surface area contributed by atoms with E-state index in [-0.39, 0.29) is 18.1 Å². The van der Waals surface area contributed by atoms with Crippen molar-refractivity contribution >= 4 is 23.2 Å². The van der Waals surface area contributed by atoms with Gasteiger partial charge in [-0.2, -0.15) is 5.10 Å². The molecule has 3 aromatic rings. The Hall–Kier alpha value is -3.33. The van der Waals surface area contributed by atoms with Crippen LogP contribution in [0.2, 0.25) is 0 Å². The first kappa shape index (κ1) is 18.7. The van der Waals surface area contributed by atoms with E-state index in [1.165, 1.54) is 6.33 Å².